The van der Waals surface area contributed by atoms with Crippen molar-refractivity contribution in [1.82, 2.24) is 5.32 Å². The van der Waals surface area contributed by atoms with E-state index in [9.17, 15) is 4.79 Å². The van der Waals surface area contributed by atoms with Gasteiger partial charge in [0, 0.05) is 6.42 Å². The lowest BCUT2D eigenvalue weighted by Crippen LogP contribution is -2.34. The van der Waals surface area contributed by atoms with Gasteiger partial charge >= 0.3 is 5.97 Å². The van der Waals surface area contributed by atoms with Gasteiger partial charge in [0.05, 0.1) is 0 Å². The fourth-order valence-corrected chi connectivity index (χ4v) is 0.596. The Kier molecular flexibility index (Phi) is 5.22. The second-order valence-electron chi connectivity index (χ2n) is 2.32. The van der Waals surface area contributed by atoms with Crippen molar-refractivity contribution in [2.24, 2.45) is 0 Å². The number of carbonyl (C=O) groups is 1. The molecule has 62 valence electrons. The maximum Gasteiger partial charge on any atom is 0.320 e. The number of carboxylic acid groups (broad SMARTS) is 1. The third-order valence-electron chi connectivity index (χ3n) is 1.32. The molecule has 11 heavy (non-hydrogen) atoms. The van der Waals surface area contributed by atoms with Gasteiger partial charge in [0.25, 0.3) is 0 Å². The van der Waals surface area contributed by atoms with Crippen LogP contribution < -0.4 is 5.32 Å². The van der Waals surface area contributed by atoms with Gasteiger partial charge in [-0.1, -0.05) is 0 Å². The van der Waals surface area contributed by atoms with Gasteiger partial charge in [-0.3, -0.25) is 4.79 Å². The van der Waals surface area contributed by atoms with Crippen LogP contribution in [0.3, 0.4) is 0 Å². The molecule has 2 N–H and O–H groups in total. The van der Waals surface area contributed by atoms with Crippen LogP contribution in [0.15, 0.2) is 0 Å². The largest absolute Gasteiger partial charge is 0.480 e. The monoisotopic (exact) mass is 155 g/mol. The lowest BCUT2D eigenvalue weighted by Gasteiger charge is -2.06. The van der Waals surface area contributed by atoms with E-state index in [4.69, 9.17) is 11.5 Å². The van der Waals surface area contributed by atoms with E-state index >= 15 is 0 Å². The van der Waals surface area contributed by atoms with Crippen LogP contribution in [-0.2, 0) is 4.79 Å². The highest BCUT2D eigenvalue weighted by atomic mass is 16.4. The maximum atomic E-state index is 10.3. The Hall–Kier alpha value is -1.01. The molecule has 0 aromatic heterocycles. The van der Waals surface area contributed by atoms with Gasteiger partial charge in [-0.15, -0.1) is 12.3 Å². The van der Waals surface area contributed by atoms with E-state index in [2.05, 4.69) is 11.2 Å². The molecule has 0 fully saturated rings. The zero-order chi connectivity index (χ0) is 8.69. The van der Waals surface area contributed by atoms with Crippen LogP contribution >= 0.6 is 0 Å². The normalized spacial score (nSPS) is 12.0. The maximum absolute atomic E-state index is 10.3. The third kappa shape index (κ3) is 5.43. The van der Waals surface area contributed by atoms with Crippen LogP contribution in [0.2, 0.25) is 0 Å². The molecule has 0 spiro atoms. The van der Waals surface area contributed by atoms with Gasteiger partial charge in [0.15, 0.2) is 0 Å². The van der Waals surface area contributed by atoms with E-state index in [1.165, 1.54) is 0 Å². The zero-order valence-corrected chi connectivity index (χ0v) is 6.63. The van der Waals surface area contributed by atoms with Crippen LogP contribution in [0.5, 0.6) is 0 Å². The lowest BCUT2D eigenvalue weighted by molar-refractivity contribution is -0.138. The molecular weight excluding hydrogens is 142 g/mol. The van der Waals surface area contributed by atoms with Crippen molar-refractivity contribution in [1.29, 1.82) is 0 Å². The minimum Gasteiger partial charge on any atom is -0.480 e. The SMILES string of the molecule is C#CCCCN[C@@H](C)C(=O)O. The summed E-state index contributed by atoms with van der Waals surface area (Å²) in [5, 5.41) is 11.3. The number of aliphatic carboxylic acids is 1. The summed E-state index contributed by atoms with van der Waals surface area (Å²) in [4.78, 5) is 10.3. The molecule has 0 unspecified atom stereocenters. The highest BCUT2D eigenvalue weighted by Gasteiger charge is 2.07. The minimum absolute atomic E-state index is 0.479. The Morgan fingerprint density at radius 3 is 2.91 bits per heavy atom. The van der Waals surface area contributed by atoms with Crippen LogP contribution in [0.1, 0.15) is 19.8 Å². The summed E-state index contributed by atoms with van der Waals surface area (Å²) >= 11 is 0. The van der Waals surface area contributed by atoms with Crippen molar-refractivity contribution in [2.75, 3.05) is 6.54 Å². The molecule has 0 aliphatic carbocycles. The number of hydrogen-bond acceptors (Lipinski definition) is 2. The Morgan fingerprint density at radius 1 is 1.82 bits per heavy atom. The summed E-state index contributed by atoms with van der Waals surface area (Å²) in [6.45, 7) is 2.27. The predicted octanol–water partition coefficient (Wildman–Crippen LogP) is 0.463. The van der Waals surface area contributed by atoms with Crippen molar-refractivity contribution in [3.8, 4) is 12.3 Å². The smallest absolute Gasteiger partial charge is 0.320 e. The number of carboxylic acids is 1. The first kappa shape index (κ1) is 9.99. The molecule has 0 rings (SSSR count). The van der Waals surface area contributed by atoms with Crippen LogP contribution in [0.4, 0.5) is 0 Å². The zero-order valence-electron chi connectivity index (χ0n) is 6.63. The topological polar surface area (TPSA) is 49.3 Å². The first-order valence-corrected chi connectivity index (χ1v) is 3.58. The molecule has 0 saturated heterocycles. The van der Waals surface area contributed by atoms with Crippen molar-refractivity contribution in [3.05, 3.63) is 0 Å². The van der Waals surface area contributed by atoms with E-state index in [1.807, 2.05) is 0 Å². The summed E-state index contributed by atoms with van der Waals surface area (Å²) in [5.41, 5.74) is 0. The van der Waals surface area contributed by atoms with E-state index < -0.39 is 12.0 Å². The van der Waals surface area contributed by atoms with Crippen molar-refractivity contribution >= 4 is 5.97 Å². The molecule has 0 saturated carbocycles. The Labute approximate surface area is 66.8 Å². The molecule has 3 heteroatoms. The minimum atomic E-state index is -0.828. The first-order chi connectivity index (χ1) is 5.18. The summed E-state index contributed by atoms with van der Waals surface area (Å²) in [7, 11) is 0. The van der Waals surface area contributed by atoms with Gasteiger partial charge in [-0.25, -0.2) is 0 Å². The van der Waals surface area contributed by atoms with E-state index in [-0.39, 0.29) is 0 Å². The summed E-state index contributed by atoms with van der Waals surface area (Å²) in [5.74, 6) is 1.66. The Balaban J connectivity index is 3.26. The van der Waals surface area contributed by atoms with Crippen LogP contribution in [0, 0.1) is 12.3 Å². The number of terminal acetylenes is 1. The molecule has 0 aliphatic heterocycles. The summed E-state index contributed by atoms with van der Waals surface area (Å²) in [6.07, 6.45) is 6.53. The van der Waals surface area contributed by atoms with Gasteiger partial charge in [0.2, 0.25) is 0 Å². The highest BCUT2D eigenvalue weighted by molar-refractivity contribution is 5.72. The van der Waals surface area contributed by atoms with Gasteiger partial charge < -0.3 is 10.4 Å². The molecule has 0 aromatic carbocycles. The molecular formula is C8H13NO2. The lowest BCUT2D eigenvalue weighted by atomic mass is 10.3. The predicted molar refractivity (Wildman–Crippen MR) is 43.2 cm³/mol. The van der Waals surface area contributed by atoms with Crippen molar-refractivity contribution in [3.63, 3.8) is 0 Å². The number of nitrogens with one attached hydrogen (secondary N) is 1. The molecule has 0 aliphatic rings. The Morgan fingerprint density at radius 2 is 2.45 bits per heavy atom. The van der Waals surface area contributed by atoms with Crippen LogP contribution in [-0.4, -0.2) is 23.7 Å². The van der Waals surface area contributed by atoms with Gasteiger partial charge in [-0.05, 0) is 19.9 Å². The van der Waals surface area contributed by atoms with Crippen molar-refractivity contribution in [2.45, 2.75) is 25.8 Å². The van der Waals surface area contributed by atoms with E-state index in [1.54, 1.807) is 6.92 Å². The fraction of sp³-hybridized carbons (Fsp3) is 0.625. The first-order valence-electron chi connectivity index (χ1n) is 3.58. The number of hydrogen-bond donors (Lipinski definition) is 2. The summed E-state index contributed by atoms with van der Waals surface area (Å²) in [6, 6.07) is -0.479. The quantitative estimate of drug-likeness (QED) is 0.448. The average molecular weight is 155 g/mol. The highest BCUT2D eigenvalue weighted by Crippen LogP contribution is 1.86. The van der Waals surface area contributed by atoms with E-state index in [0.29, 0.717) is 13.0 Å². The van der Waals surface area contributed by atoms with Gasteiger partial charge in [0.1, 0.15) is 6.04 Å². The van der Waals surface area contributed by atoms with E-state index in [0.717, 1.165) is 6.42 Å². The molecule has 0 heterocycles. The summed E-state index contributed by atoms with van der Waals surface area (Å²) < 4.78 is 0. The second kappa shape index (κ2) is 5.75. The fourth-order valence-electron chi connectivity index (χ4n) is 0.596. The van der Waals surface area contributed by atoms with Gasteiger partial charge in [-0.2, -0.15) is 0 Å². The molecule has 0 amide bonds. The second-order valence-corrected chi connectivity index (χ2v) is 2.32. The molecule has 1 atom stereocenters. The van der Waals surface area contributed by atoms with Crippen molar-refractivity contribution < 1.29 is 9.90 Å². The number of unbranched alkanes of at least 4 members (excludes halogenated alkanes) is 1. The standard InChI is InChI=1S/C8H13NO2/c1-3-4-5-6-9-7(2)8(10)11/h1,7,9H,4-6H2,2H3,(H,10,11)/t7-/m0/s1. The molecule has 3 nitrogen and oxygen atoms in total. The Bertz CT molecular complexity index is 160. The average Bonchev–Trinajstić information content (AvgIpc) is 1.97. The third-order valence-corrected chi connectivity index (χ3v) is 1.32. The number of rotatable bonds is 5. The molecule has 0 radical (unpaired) electrons. The van der Waals surface area contributed by atoms with Crippen LogP contribution in [0.25, 0.3) is 0 Å². The molecule has 0 aromatic rings. The molecule has 0 bridgehead atoms.